The van der Waals surface area contributed by atoms with Crippen molar-refractivity contribution in [2.45, 2.75) is 64.3 Å². The van der Waals surface area contributed by atoms with E-state index in [0.29, 0.717) is 25.2 Å². The predicted molar refractivity (Wildman–Crippen MR) is 79.1 cm³/mol. The van der Waals surface area contributed by atoms with Gasteiger partial charge in [0.2, 0.25) is 10.0 Å². The van der Waals surface area contributed by atoms with Gasteiger partial charge in [-0.1, -0.05) is 33.1 Å². The third-order valence-corrected chi connectivity index (χ3v) is 6.28. The molecule has 20 heavy (non-hydrogen) atoms. The van der Waals surface area contributed by atoms with E-state index in [1.165, 1.54) is 4.31 Å². The highest BCUT2D eigenvalue weighted by Gasteiger charge is 2.43. The van der Waals surface area contributed by atoms with Crippen LogP contribution in [-0.2, 0) is 14.8 Å². The van der Waals surface area contributed by atoms with Gasteiger partial charge in [0.15, 0.2) is 0 Å². The van der Waals surface area contributed by atoms with Crippen molar-refractivity contribution in [3.05, 3.63) is 0 Å². The minimum atomic E-state index is -3.39. The lowest BCUT2D eigenvalue weighted by Crippen LogP contribution is -2.52. The van der Waals surface area contributed by atoms with Gasteiger partial charge in [-0.3, -0.25) is 4.79 Å². The standard InChI is InChI=1S/C14H27NO4S/c1-12(2)7-10-20(18,19)15(3)14(11-13(16)17)8-5-4-6-9-14/h12H,4-11H2,1-3H3,(H,16,17). The van der Waals surface area contributed by atoms with Crippen molar-refractivity contribution in [1.82, 2.24) is 4.31 Å². The van der Waals surface area contributed by atoms with Crippen LogP contribution >= 0.6 is 0 Å². The zero-order chi connectivity index (χ0) is 15.4. The van der Waals surface area contributed by atoms with Crippen molar-refractivity contribution in [2.75, 3.05) is 12.8 Å². The molecular weight excluding hydrogens is 278 g/mol. The van der Waals surface area contributed by atoms with Crippen LogP contribution in [0.15, 0.2) is 0 Å². The van der Waals surface area contributed by atoms with Gasteiger partial charge in [-0.25, -0.2) is 8.42 Å². The van der Waals surface area contributed by atoms with Gasteiger partial charge in [0, 0.05) is 12.6 Å². The molecule has 0 aliphatic heterocycles. The van der Waals surface area contributed by atoms with E-state index in [1.807, 2.05) is 13.8 Å². The molecule has 0 spiro atoms. The Kier molecular flexibility index (Phi) is 6.01. The van der Waals surface area contributed by atoms with E-state index in [4.69, 9.17) is 5.11 Å². The molecule has 1 aliphatic carbocycles. The van der Waals surface area contributed by atoms with Crippen molar-refractivity contribution < 1.29 is 18.3 Å². The second-order valence-electron chi connectivity index (χ2n) is 6.32. The molecule has 6 heteroatoms. The van der Waals surface area contributed by atoms with Gasteiger partial charge < -0.3 is 5.11 Å². The molecule has 118 valence electrons. The number of carboxylic acids is 1. The molecule has 0 radical (unpaired) electrons. The van der Waals surface area contributed by atoms with Crippen molar-refractivity contribution in [3.63, 3.8) is 0 Å². The molecule has 0 aromatic heterocycles. The minimum absolute atomic E-state index is 0.0928. The van der Waals surface area contributed by atoms with Crippen molar-refractivity contribution in [2.24, 2.45) is 5.92 Å². The number of hydrogen-bond donors (Lipinski definition) is 1. The molecule has 0 heterocycles. The predicted octanol–water partition coefficient (Wildman–Crippen LogP) is 2.47. The Morgan fingerprint density at radius 3 is 2.25 bits per heavy atom. The molecular formula is C14H27NO4S. The summed E-state index contributed by atoms with van der Waals surface area (Å²) in [6.45, 7) is 3.98. The van der Waals surface area contributed by atoms with Crippen LogP contribution in [-0.4, -0.2) is 42.1 Å². The number of carbonyl (C=O) groups is 1. The zero-order valence-electron chi connectivity index (χ0n) is 12.8. The summed E-state index contributed by atoms with van der Waals surface area (Å²) < 4.78 is 26.3. The monoisotopic (exact) mass is 305 g/mol. The lowest BCUT2D eigenvalue weighted by Gasteiger charge is -2.43. The van der Waals surface area contributed by atoms with Crippen molar-refractivity contribution >= 4 is 16.0 Å². The second kappa shape index (κ2) is 6.89. The maximum atomic E-state index is 12.5. The lowest BCUT2D eigenvalue weighted by atomic mass is 9.79. The number of sulfonamides is 1. The van der Waals surface area contributed by atoms with E-state index >= 15 is 0 Å². The summed E-state index contributed by atoms with van der Waals surface area (Å²) in [5.74, 6) is -0.500. The molecule has 0 bridgehead atoms. The van der Waals surface area contributed by atoms with E-state index < -0.39 is 21.5 Å². The summed E-state index contributed by atoms with van der Waals surface area (Å²) >= 11 is 0. The highest BCUT2D eigenvalue weighted by molar-refractivity contribution is 7.89. The van der Waals surface area contributed by atoms with Gasteiger partial charge in [-0.05, 0) is 25.2 Å². The summed E-state index contributed by atoms with van der Waals surface area (Å²) in [5, 5.41) is 9.14. The number of hydrogen-bond acceptors (Lipinski definition) is 3. The van der Waals surface area contributed by atoms with Gasteiger partial charge in [-0.15, -0.1) is 0 Å². The van der Waals surface area contributed by atoms with Crippen LogP contribution in [0.5, 0.6) is 0 Å². The first-order valence-electron chi connectivity index (χ1n) is 7.38. The van der Waals surface area contributed by atoms with Crippen LogP contribution in [0, 0.1) is 5.92 Å². The molecule has 1 rings (SSSR count). The Morgan fingerprint density at radius 1 is 1.25 bits per heavy atom. The molecule has 0 unspecified atom stereocenters. The normalized spacial score (nSPS) is 19.4. The number of aliphatic carboxylic acids is 1. The molecule has 1 aliphatic rings. The van der Waals surface area contributed by atoms with E-state index in [2.05, 4.69) is 0 Å². The first-order chi connectivity index (χ1) is 9.19. The third-order valence-electron chi connectivity index (χ3n) is 4.30. The zero-order valence-corrected chi connectivity index (χ0v) is 13.6. The van der Waals surface area contributed by atoms with Crippen molar-refractivity contribution in [3.8, 4) is 0 Å². The van der Waals surface area contributed by atoms with Gasteiger partial charge in [-0.2, -0.15) is 4.31 Å². The molecule has 0 atom stereocenters. The van der Waals surface area contributed by atoms with Crippen LogP contribution in [0.25, 0.3) is 0 Å². The van der Waals surface area contributed by atoms with Crippen LogP contribution in [0.2, 0.25) is 0 Å². The summed E-state index contributed by atoms with van der Waals surface area (Å²) in [6.07, 6.45) is 4.67. The van der Waals surface area contributed by atoms with Crippen LogP contribution in [0.4, 0.5) is 0 Å². The quantitative estimate of drug-likeness (QED) is 0.784. The van der Waals surface area contributed by atoms with Crippen LogP contribution in [0.3, 0.4) is 0 Å². The van der Waals surface area contributed by atoms with E-state index in [1.54, 1.807) is 7.05 Å². The SMILES string of the molecule is CC(C)CCS(=O)(=O)N(C)C1(CC(=O)O)CCCCC1. The minimum Gasteiger partial charge on any atom is -0.481 e. The largest absolute Gasteiger partial charge is 0.481 e. The maximum absolute atomic E-state index is 12.5. The van der Waals surface area contributed by atoms with Gasteiger partial charge in [0.05, 0.1) is 12.2 Å². The van der Waals surface area contributed by atoms with Gasteiger partial charge >= 0.3 is 5.97 Å². The number of rotatable bonds is 7. The highest BCUT2D eigenvalue weighted by atomic mass is 32.2. The van der Waals surface area contributed by atoms with Crippen LogP contribution in [0.1, 0.15) is 58.8 Å². The average Bonchev–Trinajstić information content (AvgIpc) is 2.36. The fourth-order valence-corrected chi connectivity index (χ4v) is 4.79. The molecule has 1 saturated carbocycles. The summed E-state index contributed by atoms with van der Waals surface area (Å²) in [4.78, 5) is 11.1. The highest BCUT2D eigenvalue weighted by Crippen LogP contribution is 2.37. The molecule has 0 aromatic rings. The summed E-state index contributed by atoms with van der Waals surface area (Å²) in [6, 6.07) is 0. The lowest BCUT2D eigenvalue weighted by molar-refractivity contribution is -0.140. The van der Waals surface area contributed by atoms with E-state index in [0.717, 1.165) is 19.3 Å². The molecule has 5 nitrogen and oxygen atoms in total. The third kappa shape index (κ3) is 4.45. The smallest absolute Gasteiger partial charge is 0.305 e. The number of nitrogens with zero attached hydrogens (tertiary/aromatic N) is 1. The van der Waals surface area contributed by atoms with Crippen LogP contribution < -0.4 is 0 Å². The topological polar surface area (TPSA) is 74.7 Å². The van der Waals surface area contributed by atoms with Gasteiger partial charge in [0.1, 0.15) is 0 Å². The molecule has 0 saturated heterocycles. The Labute approximate surface area is 122 Å². The fourth-order valence-electron chi connectivity index (χ4n) is 2.91. The molecule has 1 N–H and O–H groups in total. The molecule has 0 aromatic carbocycles. The summed E-state index contributed by atoms with van der Waals surface area (Å²) in [7, 11) is -1.83. The Balaban J connectivity index is 2.92. The summed E-state index contributed by atoms with van der Waals surface area (Å²) in [5.41, 5.74) is -0.722. The fraction of sp³-hybridized carbons (Fsp3) is 0.929. The first kappa shape index (κ1) is 17.4. The Bertz CT molecular complexity index is 424. The Morgan fingerprint density at radius 2 is 1.80 bits per heavy atom. The second-order valence-corrected chi connectivity index (χ2v) is 8.44. The van der Waals surface area contributed by atoms with Gasteiger partial charge in [0.25, 0.3) is 0 Å². The van der Waals surface area contributed by atoms with Crippen molar-refractivity contribution in [1.29, 1.82) is 0 Å². The maximum Gasteiger partial charge on any atom is 0.305 e. The number of carboxylic acid groups (broad SMARTS) is 1. The van der Waals surface area contributed by atoms with E-state index in [9.17, 15) is 13.2 Å². The molecule has 1 fully saturated rings. The molecule has 0 amide bonds. The average molecular weight is 305 g/mol. The Hall–Kier alpha value is -0.620. The van der Waals surface area contributed by atoms with E-state index in [-0.39, 0.29) is 12.2 Å². The first-order valence-corrected chi connectivity index (χ1v) is 8.99.